The SMILES string of the molecule is COC[C@@H]1CCCN1CCCNCC(C)=Cc1ccccc1. The van der Waals surface area contributed by atoms with Crippen LogP contribution in [0.4, 0.5) is 0 Å². The molecule has 0 unspecified atom stereocenters. The molecular weight excluding hydrogens is 272 g/mol. The average Bonchev–Trinajstić information content (AvgIpc) is 2.96. The van der Waals surface area contributed by atoms with Gasteiger partial charge in [0.2, 0.25) is 0 Å². The third kappa shape index (κ3) is 5.91. The summed E-state index contributed by atoms with van der Waals surface area (Å²) in [5, 5.41) is 3.55. The van der Waals surface area contributed by atoms with Gasteiger partial charge in [0.1, 0.15) is 0 Å². The second-order valence-corrected chi connectivity index (χ2v) is 6.22. The number of hydrogen-bond acceptors (Lipinski definition) is 3. The number of ether oxygens (including phenoxy) is 1. The third-order valence-electron chi connectivity index (χ3n) is 4.27. The van der Waals surface area contributed by atoms with Gasteiger partial charge in [-0.1, -0.05) is 42.0 Å². The predicted molar refractivity (Wildman–Crippen MR) is 94.1 cm³/mol. The zero-order valence-electron chi connectivity index (χ0n) is 14.1. The molecule has 1 aliphatic heterocycles. The maximum Gasteiger partial charge on any atom is 0.0618 e. The summed E-state index contributed by atoms with van der Waals surface area (Å²) >= 11 is 0. The Morgan fingerprint density at radius 3 is 2.95 bits per heavy atom. The van der Waals surface area contributed by atoms with Crippen LogP contribution in [0.3, 0.4) is 0 Å². The molecule has 22 heavy (non-hydrogen) atoms. The van der Waals surface area contributed by atoms with E-state index in [0.29, 0.717) is 6.04 Å². The molecule has 0 radical (unpaired) electrons. The van der Waals surface area contributed by atoms with E-state index in [1.54, 1.807) is 7.11 Å². The highest BCUT2D eigenvalue weighted by atomic mass is 16.5. The van der Waals surface area contributed by atoms with Crippen molar-refractivity contribution in [3.05, 3.63) is 41.5 Å². The molecule has 0 bridgehead atoms. The van der Waals surface area contributed by atoms with Gasteiger partial charge in [0.25, 0.3) is 0 Å². The van der Waals surface area contributed by atoms with Crippen LogP contribution >= 0.6 is 0 Å². The number of rotatable bonds is 9. The Bertz CT molecular complexity index is 444. The summed E-state index contributed by atoms with van der Waals surface area (Å²) < 4.78 is 5.31. The van der Waals surface area contributed by atoms with Crippen LogP contribution in [0.2, 0.25) is 0 Å². The van der Waals surface area contributed by atoms with Gasteiger partial charge in [0.15, 0.2) is 0 Å². The molecule has 2 rings (SSSR count). The molecule has 0 aliphatic carbocycles. The van der Waals surface area contributed by atoms with Gasteiger partial charge in [-0.05, 0) is 51.4 Å². The predicted octanol–water partition coefficient (Wildman–Crippen LogP) is 3.18. The van der Waals surface area contributed by atoms with E-state index in [1.807, 2.05) is 0 Å². The molecule has 0 saturated carbocycles. The topological polar surface area (TPSA) is 24.5 Å². The second-order valence-electron chi connectivity index (χ2n) is 6.22. The molecule has 1 aromatic rings. The maximum atomic E-state index is 5.31. The summed E-state index contributed by atoms with van der Waals surface area (Å²) in [6.45, 7) is 7.54. The first-order chi connectivity index (χ1) is 10.8. The minimum Gasteiger partial charge on any atom is -0.383 e. The molecule has 122 valence electrons. The molecule has 3 heteroatoms. The summed E-state index contributed by atoms with van der Waals surface area (Å²) in [6.07, 6.45) is 6.07. The molecule has 1 fully saturated rings. The van der Waals surface area contributed by atoms with Crippen LogP contribution in [0.5, 0.6) is 0 Å². The number of nitrogens with zero attached hydrogens (tertiary/aromatic N) is 1. The lowest BCUT2D eigenvalue weighted by Crippen LogP contribution is -2.35. The van der Waals surface area contributed by atoms with E-state index in [1.165, 1.54) is 43.5 Å². The average molecular weight is 302 g/mol. The first kappa shape index (κ1) is 17.2. The normalized spacial score (nSPS) is 19.7. The van der Waals surface area contributed by atoms with Crippen molar-refractivity contribution >= 4 is 6.08 Å². The third-order valence-corrected chi connectivity index (χ3v) is 4.27. The van der Waals surface area contributed by atoms with E-state index < -0.39 is 0 Å². The van der Waals surface area contributed by atoms with Gasteiger partial charge in [-0.2, -0.15) is 0 Å². The van der Waals surface area contributed by atoms with Gasteiger partial charge in [0, 0.05) is 19.7 Å². The smallest absolute Gasteiger partial charge is 0.0618 e. The molecule has 0 spiro atoms. The zero-order valence-corrected chi connectivity index (χ0v) is 14.1. The van der Waals surface area contributed by atoms with Gasteiger partial charge in [0.05, 0.1) is 6.61 Å². The van der Waals surface area contributed by atoms with Crippen molar-refractivity contribution in [2.45, 2.75) is 32.2 Å². The monoisotopic (exact) mass is 302 g/mol. The highest BCUT2D eigenvalue weighted by Gasteiger charge is 2.23. The Morgan fingerprint density at radius 1 is 1.36 bits per heavy atom. The van der Waals surface area contributed by atoms with Crippen LogP contribution in [0, 0.1) is 0 Å². The molecule has 0 amide bonds. The molecule has 1 aromatic carbocycles. The summed E-state index contributed by atoms with van der Waals surface area (Å²) in [7, 11) is 1.81. The Labute approximate surface area is 135 Å². The fourth-order valence-electron chi connectivity index (χ4n) is 3.15. The molecule has 1 aliphatic rings. The number of hydrogen-bond donors (Lipinski definition) is 1. The summed E-state index contributed by atoms with van der Waals surface area (Å²) in [4.78, 5) is 2.58. The van der Waals surface area contributed by atoms with Gasteiger partial charge in [-0.15, -0.1) is 0 Å². The fraction of sp³-hybridized carbons (Fsp3) is 0.579. The van der Waals surface area contributed by atoms with E-state index >= 15 is 0 Å². The molecule has 1 saturated heterocycles. The van der Waals surface area contributed by atoms with Crippen molar-refractivity contribution in [2.24, 2.45) is 0 Å². The molecule has 1 N–H and O–H groups in total. The largest absolute Gasteiger partial charge is 0.383 e. The van der Waals surface area contributed by atoms with Crippen molar-refractivity contribution < 1.29 is 4.74 Å². The van der Waals surface area contributed by atoms with Crippen molar-refractivity contribution in [1.29, 1.82) is 0 Å². The van der Waals surface area contributed by atoms with Crippen LogP contribution in [0.15, 0.2) is 35.9 Å². The Hall–Kier alpha value is -1.16. The standard InChI is InChI=1S/C19H30N2O/c1-17(14-18-8-4-3-5-9-18)15-20-11-7-13-21-12-6-10-19(21)16-22-2/h3-5,8-9,14,19-20H,6-7,10-13,15-16H2,1-2H3/t19-/m0/s1. The van der Waals surface area contributed by atoms with E-state index in [4.69, 9.17) is 4.74 Å². The molecular formula is C19H30N2O. The number of likely N-dealkylation sites (tertiary alicyclic amines) is 1. The highest BCUT2D eigenvalue weighted by Crippen LogP contribution is 2.17. The van der Waals surface area contributed by atoms with Crippen LogP contribution in [-0.2, 0) is 4.74 Å². The van der Waals surface area contributed by atoms with E-state index in [2.05, 4.69) is 53.5 Å². The highest BCUT2D eigenvalue weighted by molar-refractivity contribution is 5.52. The van der Waals surface area contributed by atoms with Gasteiger partial charge in [-0.3, -0.25) is 4.90 Å². The summed E-state index contributed by atoms with van der Waals surface area (Å²) in [5.74, 6) is 0. The lowest BCUT2D eigenvalue weighted by atomic mass is 10.1. The van der Waals surface area contributed by atoms with E-state index in [-0.39, 0.29) is 0 Å². The van der Waals surface area contributed by atoms with Crippen LogP contribution in [-0.4, -0.2) is 50.8 Å². The van der Waals surface area contributed by atoms with Crippen LogP contribution in [0.25, 0.3) is 6.08 Å². The van der Waals surface area contributed by atoms with Crippen LogP contribution < -0.4 is 5.32 Å². The van der Waals surface area contributed by atoms with E-state index in [9.17, 15) is 0 Å². The van der Waals surface area contributed by atoms with Crippen LogP contribution in [0.1, 0.15) is 31.7 Å². The number of methoxy groups -OCH3 is 1. The molecule has 1 atom stereocenters. The first-order valence-electron chi connectivity index (χ1n) is 8.45. The lowest BCUT2D eigenvalue weighted by molar-refractivity contribution is 0.115. The van der Waals surface area contributed by atoms with Gasteiger partial charge >= 0.3 is 0 Å². The van der Waals surface area contributed by atoms with Crippen molar-refractivity contribution in [3.8, 4) is 0 Å². The quantitative estimate of drug-likeness (QED) is 0.709. The number of nitrogens with one attached hydrogen (secondary N) is 1. The molecule has 1 heterocycles. The van der Waals surface area contributed by atoms with Gasteiger partial charge < -0.3 is 10.1 Å². The minimum atomic E-state index is 0.643. The fourth-order valence-corrected chi connectivity index (χ4v) is 3.15. The second kappa shape index (κ2) is 9.78. The zero-order chi connectivity index (χ0) is 15.6. The Morgan fingerprint density at radius 2 is 2.18 bits per heavy atom. The summed E-state index contributed by atoms with van der Waals surface area (Å²) in [6, 6.07) is 11.2. The Balaban J connectivity index is 1.60. The lowest BCUT2D eigenvalue weighted by Gasteiger charge is -2.23. The Kier molecular flexibility index (Phi) is 7.64. The first-order valence-corrected chi connectivity index (χ1v) is 8.45. The summed E-state index contributed by atoms with van der Waals surface area (Å²) in [5.41, 5.74) is 2.66. The van der Waals surface area contributed by atoms with Crippen molar-refractivity contribution in [1.82, 2.24) is 10.2 Å². The minimum absolute atomic E-state index is 0.643. The maximum absolute atomic E-state index is 5.31. The van der Waals surface area contributed by atoms with Crippen molar-refractivity contribution in [3.63, 3.8) is 0 Å². The molecule has 3 nitrogen and oxygen atoms in total. The van der Waals surface area contributed by atoms with E-state index in [0.717, 1.165) is 19.7 Å². The number of benzene rings is 1. The molecule has 0 aromatic heterocycles. The van der Waals surface area contributed by atoms with Crippen molar-refractivity contribution in [2.75, 3.05) is 39.9 Å². The van der Waals surface area contributed by atoms with Gasteiger partial charge in [-0.25, -0.2) is 0 Å².